The summed E-state index contributed by atoms with van der Waals surface area (Å²) in [4.78, 5) is 14.2. The zero-order valence-electron chi connectivity index (χ0n) is 11.1. The predicted molar refractivity (Wildman–Crippen MR) is 73.9 cm³/mol. The van der Waals surface area contributed by atoms with Gasteiger partial charge in [0.1, 0.15) is 26.3 Å². The summed E-state index contributed by atoms with van der Waals surface area (Å²) in [6.45, 7) is 0.729. The van der Waals surface area contributed by atoms with Crippen LogP contribution in [0.3, 0.4) is 0 Å². The molecule has 0 aromatic carbocycles. The van der Waals surface area contributed by atoms with Crippen LogP contribution >= 0.6 is 0 Å². The molecule has 0 radical (unpaired) electrons. The van der Waals surface area contributed by atoms with Gasteiger partial charge in [0.25, 0.3) is 6.47 Å². The minimum Gasteiger partial charge on any atom is -0.465 e. The van der Waals surface area contributed by atoms with Gasteiger partial charge >= 0.3 is 0 Å². The lowest BCUT2D eigenvalue weighted by molar-refractivity contribution is -0.132. The van der Waals surface area contributed by atoms with E-state index in [1.165, 1.54) is 6.33 Å². The van der Waals surface area contributed by atoms with Gasteiger partial charge in [0, 0.05) is 0 Å². The summed E-state index contributed by atoms with van der Waals surface area (Å²) >= 11 is 0. The largest absolute Gasteiger partial charge is 0.465 e. The highest BCUT2D eigenvalue weighted by atomic mass is 16.6. The van der Waals surface area contributed by atoms with E-state index in [1.54, 1.807) is 4.52 Å². The number of fused-ring (bicyclic) bond motifs is 1. The zero-order chi connectivity index (χ0) is 14.1. The van der Waals surface area contributed by atoms with Crippen LogP contribution in [0, 0.1) is 0 Å². The molecule has 3 rings (SSSR count). The predicted octanol–water partition coefficient (Wildman–Crippen LogP) is -0.264. The van der Waals surface area contributed by atoms with Gasteiger partial charge in [0.2, 0.25) is 0 Å². The maximum absolute atomic E-state index is 10.3. The maximum atomic E-state index is 10.3. The number of ether oxygens (including phenoxy) is 2. The van der Waals surface area contributed by atoms with Crippen molar-refractivity contribution in [1.82, 2.24) is 14.6 Å². The summed E-state index contributed by atoms with van der Waals surface area (Å²) < 4.78 is 12.5. The van der Waals surface area contributed by atoms with E-state index in [0.717, 1.165) is 17.6 Å². The summed E-state index contributed by atoms with van der Waals surface area (Å²) in [6, 6.07) is 3.83. The van der Waals surface area contributed by atoms with Crippen LogP contribution in [0.15, 0.2) is 18.5 Å². The molecule has 2 unspecified atom stereocenters. The summed E-state index contributed by atoms with van der Waals surface area (Å²) in [6.07, 6.45) is 2.10. The minimum absolute atomic E-state index is 0.0788. The third-order valence-electron chi connectivity index (χ3n) is 3.64. The quantitative estimate of drug-likeness (QED) is 0.610. The molecule has 7 nitrogen and oxygen atoms in total. The average Bonchev–Trinajstić information content (AvgIpc) is 3.01. The van der Waals surface area contributed by atoms with E-state index < -0.39 is 0 Å². The van der Waals surface area contributed by atoms with Crippen molar-refractivity contribution in [3.8, 4) is 0 Å². The lowest BCUT2D eigenvalue weighted by Gasteiger charge is -2.15. The van der Waals surface area contributed by atoms with Gasteiger partial charge in [-0.05, 0) is 24.4 Å². The molecule has 2 aromatic heterocycles. The topological polar surface area (TPSA) is 91.7 Å². The maximum Gasteiger partial charge on any atom is 0.293 e. The first kappa shape index (κ1) is 12.9. The van der Waals surface area contributed by atoms with E-state index in [4.69, 9.17) is 15.2 Å². The molecule has 104 valence electrons. The second kappa shape index (κ2) is 5.12. The number of rotatable bonds is 4. The first-order valence-electron chi connectivity index (χ1n) is 6.49. The third-order valence-corrected chi connectivity index (χ3v) is 3.64. The summed E-state index contributed by atoms with van der Waals surface area (Å²) in [5.41, 5.74) is 7.53. The van der Waals surface area contributed by atoms with Crippen LogP contribution in [-0.4, -0.2) is 41.6 Å². The molecule has 8 heteroatoms. The lowest BCUT2D eigenvalue weighted by atomic mass is 9.79. The number of carbonyl (C=O) groups is 1. The highest BCUT2D eigenvalue weighted by Crippen LogP contribution is 2.40. The molecule has 1 saturated heterocycles. The lowest BCUT2D eigenvalue weighted by Crippen LogP contribution is -2.15. The van der Waals surface area contributed by atoms with Crippen molar-refractivity contribution in [1.29, 1.82) is 0 Å². The standard InChI is InChI=1S/C12H15BN4O3/c13-8-3-7(4-19-6-18)20-11(8)9-1-2-10-12(14)15-5-16-17(9)10/h1-2,5-8,11H,3-4,13H2,(H2,14,15,16)/t7?,8?,11-/m1/s1. The van der Waals surface area contributed by atoms with Crippen molar-refractivity contribution in [3.63, 3.8) is 0 Å². The number of nitrogens with zero attached hydrogens (tertiary/aromatic N) is 3. The fourth-order valence-electron chi connectivity index (χ4n) is 2.74. The van der Waals surface area contributed by atoms with Crippen molar-refractivity contribution in [2.45, 2.75) is 24.4 Å². The summed E-state index contributed by atoms with van der Waals surface area (Å²) in [7, 11) is 2.11. The molecule has 0 spiro atoms. The third kappa shape index (κ3) is 2.11. The van der Waals surface area contributed by atoms with Crippen LogP contribution in [-0.2, 0) is 14.3 Å². The summed E-state index contributed by atoms with van der Waals surface area (Å²) in [5, 5.41) is 4.23. The normalized spacial score (nSPS) is 25.9. The van der Waals surface area contributed by atoms with E-state index in [2.05, 4.69) is 17.9 Å². The Kier molecular flexibility index (Phi) is 3.31. The van der Waals surface area contributed by atoms with Gasteiger partial charge in [-0.15, -0.1) is 0 Å². The molecule has 0 amide bonds. The Morgan fingerprint density at radius 2 is 2.45 bits per heavy atom. The first-order chi connectivity index (χ1) is 9.70. The Labute approximate surface area is 116 Å². The molecule has 3 atom stereocenters. The van der Waals surface area contributed by atoms with Crippen molar-refractivity contribution < 1.29 is 14.3 Å². The number of hydrogen-bond acceptors (Lipinski definition) is 6. The highest BCUT2D eigenvalue weighted by Gasteiger charge is 2.35. The van der Waals surface area contributed by atoms with Crippen molar-refractivity contribution in [3.05, 3.63) is 24.2 Å². The second-order valence-electron chi connectivity index (χ2n) is 5.02. The van der Waals surface area contributed by atoms with Crippen LogP contribution in [0.5, 0.6) is 0 Å². The molecule has 0 aliphatic carbocycles. The molecule has 1 fully saturated rings. The molecule has 2 N–H and O–H groups in total. The Hall–Kier alpha value is -2.09. The summed E-state index contributed by atoms with van der Waals surface area (Å²) in [5.74, 6) is 0.752. The molecular weight excluding hydrogens is 259 g/mol. The van der Waals surface area contributed by atoms with Gasteiger partial charge in [-0.2, -0.15) is 5.10 Å². The molecular formula is C12H15BN4O3. The first-order valence-corrected chi connectivity index (χ1v) is 6.49. The van der Waals surface area contributed by atoms with Crippen molar-refractivity contribution in [2.24, 2.45) is 0 Å². The molecule has 1 aliphatic heterocycles. The molecule has 2 aromatic rings. The van der Waals surface area contributed by atoms with Crippen LogP contribution in [0.1, 0.15) is 18.2 Å². The highest BCUT2D eigenvalue weighted by molar-refractivity contribution is 6.12. The van der Waals surface area contributed by atoms with E-state index in [1.807, 2.05) is 12.1 Å². The molecule has 3 heterocycles. The molecule has 1 aliphatic rings. The number of carbonyl (C=O) groups excluding carboxylic acids is 1. The van der Waals surface area contributed by atoms with E-state index in [9.17, 15) is 4.79 Å². The van der Waals surface area contributed by atoms with E-state index >= 15 is 0 Å². The zero-order valence-corrected chi connectivity index (χ0v) is 11.1. The Balaban J connectivity index is 1.88. The van der Waals surface area contributed by atoms with Crippen LogP contribution < -0.4 is 5.73 Å². The fraction of sp³-hybridized carbons (Fsp3) is 0.417. The Bertz CT molecular complexity index is 632. The van der Waals surface area contributed by atoms with Gasteiger partial charge in [0.05, 0.1) is 17.9 Å². The smallest absolute Gasteiger partial charge is 0.293 e. The van der Waals surface area contributed by atoms with Gasteiger partial charge < -0.3 is 15.2 Å². The molecule has 0 saturated carbocycles. The van der Waals surface area contributed by atoms with Crippen LogP contribution in [0.25, 0.3) is 5.52 Å². The Morgan fingerprint density at radius 1 is 1.60 bits per heavy atom. The van der Waals surface area contributed by atoms with Crippen LogP contribution in [0.4, 0.5) is 5.82 Å². The van der Waals surface area contributed by atoms with Crippen LogP contribution in [0.2, 0.25) is 5.82 Å². The number of nitrogen functional groups attached to an aromatic ring is 1. The SMILES string of the molecule is BC1CC(COC=O)O[C@H]1c1ccc2c(N)ncnn12. The van der Waals surface area contributed by atoms with Gasteiger partial charge in [0.15, 0.2) is 5.82 Å². The van der Waals surface area contributed by atoms with E-state index in [-0.39, 0.29) is 18.8 Å². The minimum atomic E-state index is -0.0907. The van der Waals surface area contributed by atoms with Gasteiger partial charge in [-0.1, -0.05) is 0 Å². The average molecular weight is 274 g/mol. The molecule has 20 heavy (non-hydrogen) atoms. The van der Waals surface area contributed by atoms with Gasteiger partial charge in [-0.25, -0.2) is 9.50 Å². The monoisotopic (exact) mass is 274 g/mol. The van der Waals surface area contributed by atoms with Gasteiger partial charge in [-0.3, -0.25) is 4.79 Å². The number of aromatic nitrogens is 3. The molecule has 0 bridgehead atoms. The number of nitrogens with two attached hydrogens (primary N) is 1. The fourth-order valence-corrected chi connectivity index (χ4v) is 2.74. The van der Waals surface area contributed by atoms with E-state index in [0.29, 0.717) is 18.1 Å². The van der Waals surface area contributed by atoms with Crippen molar-refractivity contribution >= 4 is 25.7 Å². The Morgan fingerprint density at radius 3 is 3.25 bits per heavy atom. The number of anilines is 1. The second-order valence-corrected chi connectivity index (χ2v) is 5.02. The number of hydrogen-bond donors (Lipinski definition) is 1. The van der Waals surface area contributed by atoms with Crippen molar-refractivity contribution in [2.75, 3.05) is 12.3 Å².